The lowest BCUT2D eigenvalue weighted by Gasteiger charge is -2.46. The Hall–Kier alpha value is -1.27. The van der Waals surface area contributed by atoms with Gasteiger partial charge >= 0.3 is 0 Å². The van der Waals surface area contributed by atoms with Gasteiger partial charge < -0.3 is 65.1 Å². The zero-order valence-corrected chi connectivity index (χ0v) is 25.9. The number of unbranched alkanes of at least 4 members (excludes halogenated alkanes) is 7. The Morgan fingerprint density at radius 3 is 2.05 bits per heavy atom. The molecule has 14 nitrogen and oxygen atoms in total. The number of allylic oxidation sites excluding steroid dienone is 1. The topological polar surface area (TPSA) is 228 Å². The van der Waals surface area contributed by atoms with Crippen LogP contribution in [0.15, 0.2) is 12.2 Å². The second-order valence-corrected chi connectivity index (χ2v) is 11.6. The summed E-state index contributed by atoms with van der Waals surface area (Å²) in [5.74, 6) is -0.263. The van der Waals surface area contributed by atoms with Gasteiger partial charge in [0.05, 0.1) is 32.0 Å². The van der Waals surface area contributed by atoms with Crippen LogP contribution in [0, 0.1) is 0 Å². The summed E-state index contributed by atoms with van der Waals surface area (Å²) in [5, 5.41) is 84.9. The molecule has 2 saturated heterocycles. The third kappa shape index (κ3) is 11.8. The van der Waals surface area contributed by atoms with Crippen molar-refractivity contribution in [3.05, 3.63) is 12.2 Å². The summed E-state index contributed by atoms with van der Waals surface area (Å²) < 4.78 is 22.2. The number of amides is 1. The van der Waals surface area contributed by atoms with Gasteiger partial charge in [-0.3, -0.25) is 4.79 Å². The number of hydrogen-bond donors (Lipinski definition) is 9. The Kier molecular flexibility index (Phi) is 18.4. The molecular weight excluding hydrogens is 582 g/mol. The minimum atomic E-state index is -1.78. The van der Waals surface area contributed by atoms with E-state index in [0.29, 0.717) is 6.42 Å². The molecule has 14 heteroatoms. The molecule has 2 aliphatic rings. The fraction of sp³-hybridized carbons (Fsp3) is 0.900. The number of nitrogens with one attached hydrogen (secondary N) is 1. The molecule has 44 heavy (non-hydrogen) atoms. The van der Waals surface area contributed by atoms with Crippen LogP contribution in [0.5, 0.6) is 0 Å². The molecule has 12 unspecified atom stereocenters. The number of rotatable bonds is 20. The minimum absolute atomic E-state index is 0.263. The zero-order valence-electron chi connectivity index (χ0n) is 25.9. The van der Waals surface area contributed by atoms with Crippen molar-refractivity contribution in [2.24, 2.45) is 0 Å². The van der Waals surface area contributed by atoms with Crippen LogP contribution in [0.1, 0.15) is 78.1 Å². The maximum atomic E-state index is 12.7. The molecule has 0 aliphatic carbocycles. The maximum absolute atomic E-state index is 12.7. The number of hydrogen-bond acceptors (Lipinski definition) is 13. The van der Waals surface area contributed by atoms with E-state index in [4.69, 9.17) is 18.9 Å². The van der Waals surface area contributed by atoms with Gasteiger partial charge in [-0.1, -0.05) is 70.9 Å². The molecule has 2 heterocycles. The van der Waals surface area contributed by atoms with Gasteiger partial charge in [-0.25, -0.2) is 0 Å². The number of carbonyl (C=O) groups is 1. The van der Waals surface area contributed by atoms with E-state index in [1.54, 1.807) is 12.2 Å². The van der Waals surface area contributed by atoms with Crippen molar-refractivity contribution in [1.29, 1.82) is 0 Å². The lowest BCUT2D eigenvalue weighted by molar-refractivity contribution is -0.359. The van der Waals surface area contributed by atoms with E-state index in [1.165, 1.54) is 19.3 Å². The summed E-state index contributed by atoms with van der Waals surface area (Å²) in [6.07, 6.45) is -4.35. The molecule has 2 rings (SSSR count). The second-order valence-electron chi connectivity index (χ2n) is 11.6. The minimum Gasteiger partial charge on any atom is -0.394 e. The van der Waals surface area contributed by atoms with Gasteiger partial charge in [0.15, 0.2) is 12.6 Å². The van der Waals surface area contributed by atoms with Crippen LogP contribution >= 0.6 is 0 Å². The Labute approximate surface area is 259 Å². The summed E-state index contributed by atoms with van der Waals surface area (Å²) in [6, 6.07) is -0.899. The predicted octanol–water partition coefficient (Wildman–Crippen LogP) is -1.03. The van der Waals surface area contributed by atoms with Crippen LogP contribution in [-0.2, 0) is 23.7 Å². The van der Waals surface area contributed by atoms with E-state index in [2.05, 4.69) is 12.2 Å². The molecule has 0 saturated carbocycles. The highest BCUT2D eigenvalue weighted by Crippen LogP contribution is 2.29. The van der Waals surface area contributed by atoms with E-state index < -0.39 is 86.8 Å². The van der Waals surface area contributed by atoms with Gasteiger partial charge in [-0.05, 0) is 12.8 Å². The van der Waals surface area contributed by atoms with Crippen LogP contribution < -0.4 is 5.32 Å². The first kappa shape index (κ1) is 38.9. The average molecular weight is 638 g/mol. The van der Waals surface area contributed by atoms with Gasteiger partial charge in [0.25, 0.3) is 0 Å². The fourth-order valence-electron chi connectivity index (χ4n) is 5.18. The smallest absolute Gasteiger partial charge is 0.220 e. The van der Waals surface area contributed by atoms with Crippen LogP contribution in [0.4, 0.5) is 0 Å². The van der Waals surface area contributed by atoms with Gasteiger partial charge in [0, 0.05) is 6.42 Å². The summed E-state index contributed by atoms with van der Waals surface area (Å²) in [5.41, 5.74) is 0. The largest absolute Gasteiger partial charge is 0.394 e. The lowest BCUT2D eigenvalue weighted by Crippen LogP contribution is -2.65. The summed E-state index contributed by atoms with van der Waals surface area (Å²) >= 11 is 0. The van der Waals surface area contributed by atoms with Crippen molar-refractivity contribution in [3.8, 4) is 0 Å². The Bertz CT molecular complexity index is 816. The Balaban J connectivity index is 2.00. The molecule has 1 amide bonds. The monoisotopic (exact) mass is 637 g/mol. The Morgan fingerprint density at radius 1 is 0.795 bits per heavy atom. The van der Waals surface area contributed by atoms with E-state index in [1.807, 2.05) is 6.92 Å². The van der Waals surface area contributed by atoms with Gasteiger partial charge in [0.1, 0.15) is 48.8 Å². The third-order valence-electron chi connectivity index (χ3n) is 7.96. The highest BCUT2D eigenvalue weighted by atomic mass is 16.7. The highest BCUT2D eigenvalue weighted by molar-refractivity contribution is 5.76. The van der Waals surface area contributed by atoms with Gasteiger partial charge in [0.2, 0.25) is 5.91 Å². The van der Waals surface area contributed by atoms with Crippen molar-refractivity contribution in [1.82, 2.24) is 5.32 Å². The first-order chi connectivity index (χ1) is 21.1. The highest BCUT2D eigenvalue weighted by Gasteiger charge is 2.50. The summed E-state index contributed by atoms with van der Waals surface area (Å²) in [6.45, 7) is 2.43. The van der Waals surface area contributed by atoms with Crippen LogP contribution in [0.2, 0.25) is 0 Å². The molecule has 0 spiro atoms. The van der Waals surface area contributed by atoms with E-state index in [9.17, 15) is 45.6 Å². The molecule has 0 aromatic rings. The zero-order chi connectivity index (χ0) is 32.6. The molecule has 0 radical (unpaired) electrons. The van der Waals surface area contributed by atoms with Crippen LogP contribution in [-0.4, -0.2) is 140 Å². The van der Waals surface area contributed by atoms with E-state index in [0.717, 1.165) is 32.1 Å². The van der Waals surface area contributed by atoms with Crippen LogP contribution in [0.25, 0.3) is 0 Å². The maximum Gasteiger partial charge on any atom is 0.220 e. The average Bonchev–Trinajstić information content (AvgIpc) is 3.01. The molecule has 0 bridgehead atoms. The first-order valence-corrected chi connectivity index (χ1v) is 15.9. The third-order valence-corrected chi connectivity index (χ3v) is 7.96. The van der Waals surface area contributed by atoms with Gasteiger partial charge in [-0.15, -0.1) is 0 Å². The molecule has 2 fully saturated rings. The number of aliphatic hydroxyl groups is 8. The molecule has 0 aromatic heterocycles. The van der Waals surface area contributed by atoms with Crippen molar-refractivity contribution >= 4 is 5.91 Å². The molecule has 258 valence electrons. The number of aliphatic hydroxyl groups excluding tert-OH is 8. The van der Waals surface area contributed by atoms with Crippen molar-refractivity contribution in [2.45, 2.75) is 152 Å². The molecule has 2 aliphatic heterocycles. The number of ether oxygens (including phenoxy) is 4. The van der Waals surface area contributed by atoms with Crippen molar-refractivity contribution < 1.29 is 64.6 Å². The summed E-state index contributed by atoms with van der Waals surface area (Å²) in [7, 11) is 0. The Morgan fingerprint density at radius 2 is 1.41 bits per heavy atom. The molecule has 0 aromatic carbocycles. The van der Waals surface area contributed by atoms with Crippen LogP contribution in [0.3, 0.4) is 0 Å². The fourth-order valence-corrected chi connectivity index (χ4v) is 5.18. The quantitative estimate of drug-likeness (QED) is 0.0575. The number of carbonyl (C=O) groups excluding carboxylic acids is 1. The van der Waals surface area contributed by atoms with E-state index >= 15 is 0 Å². The SMILES string of the molecule is CCC/C=C/C(O)C(COC1OC(CO)C(OC2OC(CO)C(O)C(O)C2O)C(O)C1O)NC(=O)CCCCCCCCC. The standard InChI is InChI=1S/C30H55NO13/c1-3-5-7-8-9-10-12-14-22(35)31-18(19(34)13-11-6-4-2)17-41-29-27(40)25(38)28(21(16-33)43-29)44-30-26(39)24(37)23(36)20(15-32)42-30/h11,13,18-21,23-30,32-34,36-40H,3-10,12,14-17H2,1-2H3,(H,31,35)/b13-11+. The molecule has 9 N–H and O–H groups in total. The normalized spacial score (nSPS) is 34.2. The lowest BCUT2D eigenvalue weighted by atomic mass is 9.97. The van der Waals surface area contributed by atoms with Crippen molar-refractivity contribution in [2.75, 3.05) is 19.8 Å². The second kappa shape index (κ2) is 20.8. The summed E-state index contributed by atoms with van der Waals surface area (Å²) in [4.78, 5) is 12.7. The van der Waals surface area contributed by atoms with E-state index in [-0.39, 0.29) is 18.9 Å². The first-order valence-electron chi connectivity index (χ1n) is 15.9. The predicted molar refractivity (Wildman–Crippen MR) is 157 cm³/mol. The van der Waals surface area contributed by atoms with Gasteiger partial charge in [-0.2, -0.15) is 0 Å². The molecule has 12 atom stereocenters. The van der Waals surface area contributed by atoms with Crippen molar-refractivity contribution in [3.63, 3.8) is 0 Å². The molecular formula is C30H55NO13.